The van der Waals surface area contributed by atoms with Crippen molar-refractivity contribution in [3.05, 3.63) is 0 Å². The summed E-state index contributed by atoms with van der Waals surface area (Å²) >= 11 is 0. The molecule has 0 spiro atoms. The summed E-state index contributed by atoms with van der Waals surface area (Å²) < 4.78 is 0. The van der Waals surface area contributed by atoms with Gasteiger partial charge in [0.05, 0.1) is 6.10 Å². The molecule has 0 fully saturated rings. The molecule has 0 radical (unpaired) electrons. The summed E-state index contributed by atoms with van der Waals surface area (Å²) in [5.74, 6) is 1.34. The molecule has 0 aliphatic heterocycles. The molecule has 0 aliphatic carbocycles. The summed E-state index contributed by atoms with van der Waals surface area (Å²) in [6.45, 7) is 8.71. The van der Waals surface area contributed by atoms with Crippen molar-refractivity contribution >= 4 is 0 Å². The largest absolute Gasteiger partial charge is 0.393 e. The number of aliphatic hydroxyl groups is 1. The van der Waals surface area contributed by atoms with Crippen LogP contribution in [0.25, 0.3) is 0 Å². The lowest BCUT2D eigenvalue weighted by atomic mass is 9.93. The maximum atomic E-state index is 9.41. The average Bonchev–Trinajstić information content (AvgIpc) is 2.28. The van der Waals surface area contributed by atoms with Gasteiger partial charge in [0.2, 0.25) is 0 Å². The van der Waals surface area contributed by atoms with Crippen LogP contribution in [0.4, 0.5) is 0 Å². The molecule has 17 heavy (non-hydrogen) atoms. The Morgan fingerprint density at radius 1 is 0.765 bits per heavy atom. The first-order valence-corrected chi connectivity index (χ1v) is 7.76. The van der Waals surface area contributed by atoms with E-state index < -0.39 is 0 Å². The normalized spacial score (nSPS) is 16.8. The van der Waals surface area contributed by atoms with Crippen molar-refractivity contribution < 1.29 is 5.11 Å². The van der Waals surface area contributed by atoms with Crippen LogP contribution >= 0.6 is 0 Å². The van der Waals surface area contributed by atoms with E-state index >= 15 is 0 Å². The van der Waals surface area contributed by atoms with E-state index in [-0.39, 0.29) is 6.10 Å². The Morgan fingerprint density at radius 3 is 1.94 bits per heavy atom. The van der Waals surface area contributed by atoms with Gasteiger partial charge in [0.25, 0.3) is 0 Å². The third-order valence-electron chi connectivity index (χ3n) is 3.98. The van der Waals surface area contributed by atoms with Crippen molar-refractivity contribution in [2.75, 3.05) is 0 Å². The van der Waals surface area contributed by atoms with Crippen LogP contribution < -0.4 is 0 Å². The van der Waals surface area contributed by atoms with E-state index in [4.69, 9.17) is 0 Å². The summed E-state index contributed by atoms with van der Waals surface area (Å²) in [6, 6.07) is 0. The number of hydrogen-bond acceptors (Lipinski definition) is 1. The van der Waals surface area contributed by atoms with Crippen molar-refractivity contribution in [2.45, 2.75) is 91.6 Å². The third kappa shape index (κ3) is 10.8. The molecule has 0 aromatic rings. The summed E-state index contributed by atoms with van der Waals surface area (Å²) in [6.07, 6.45) is 12.0. The fourth-order valence-electron chi connectivity index (χ4n) is 2.27. The van der Waals surface area contributed by atoms with Crippen LogP contribution in [0.15, 0.2) is 0 Å². The number of unbranched alkanes of at least 4 members (excludes halogenated alkanes) is 4. The fraction of sp³-hybridized carbons (Fsp3) is 1.00. The molecule has 1 nitrogen and oxygen atoms in total. The number of hydrogen-bond donors (Lipinski definition) is 1. The quantitative estimate of drug-likeness (QED) is 0.496. The standard InChI is InChI=1S/C16H34O/c1-5-6-7-8-9-11-14(2)12-10-13-15(3)16(4)17/h14-17H,5-13H2,1-4H3/t14-,15+,16+/m0/s1. The van der Waals surface area contributed by atoms with E-state index in [0.29, 0.717) is 5.92 Å². The lowest BCUT2D eigenvalue weighted by molar-refractivity contribution is 0.127. The Labute approximate surface area is 109 Å². The molecule has 3 atom stereocenters. The molecular formula is C16H34O. The van der Waals surface area contributed by atoms with Gasteiger partial charge >= 0.3 is 0 Å². The molecule has 0 heterocycles. The Morgan fingerprint density at radius 2 is 1.35 bits per heavy atom. The molecule has 0 aliphatic rings. The molecular weight excluding hydrogens is 208 g/mol. The highest BCUT2D eigenvalue weighted by atomic mass is 16.3. The molecule has 0 aromatic carbocycles. The summed E-state index contributed by atoms with van der Waals surface area (Å²) in [5.41, 5.74) is 0. The molecule has 0 aromatic heterocycles. The predicted molar refractivity (Wildman–Crippen MR) is 77.2 cm³/mol. The van der Waals surface area contributed by atoms with Gasteiger partial charge in [-0.25, -0.2) is 0 Å². The predicted octanol–water partition coefficient (Wildman–Crippen LogP) is 5.17. The van der Waals surface area contributed by atoms with Gasteiger partial charge in [0.15, 0.2) is 0 Å². The molecule has 0 amide bonds. The van der Waals surface area contributed by atoms with Gasteiger partial charge in [0, 0.05) is 0 Å². The minimum Gasteiger partial charge on any atom is -0.393 e. The van der Waals surface area contributed by atoms with Gasteiger partial charge in [-0.2, -0.15) is 0 Å². The maximum absolute atomic E-state index is 9.41. The van der Waals surface area contributed by atoms with E-state index in [1.807, 2.05) is 6.92 Å². The van der Waals surface area contributed by atoms with Gasteiger partial charge in [-0.05, 0) is 25.2 Å². The lowest BCUT2D eigenvalue weighted by Gasteiger charge is -2.16. The monoisotopic (exact) mass is 242 g/mol. The Bertz CT molecular complexity index is 154. The third-order valence-corrected chi connectivity index (χ3v) is 3.98. The molecule has 0 saturated heterocycles. The van der Waals surface area contributed by atoms with Gasteiger partial charge < -0.3 is 5.11 Å². The van der Waals surface area contributed by atoms with Gasteiger partial charge in [-0.1, -0.05) is 72.1 Å². The van der Waals surface area contributed by atoms with Crippen LogP contribution in [0.5, 0.6) is 0 Å². The van der Waals surface area contributed by atoms with Crippen molar-refractivity contribution in [3.8, 4) is 0 Å². The topological polar surface area (TPSA) is 20.2 Å². The first kappa shape index (κ1) is 17.0. The van der Waals surface area contributed by atoms with E-state index in [2.05, 4.69) is 20.8 Å². The molecule has 1 heteroatoms. The fourth-order valence-corrected chi connectivity index (χ4v) is 2.27. The zero-order chi connectivity index (χ0) is 13.1. The Hall–Kier alpha value is -0.0400. The molecule has 1 N–H and O–H groups in total. The van der Waals surface area contributed by atoms with Gasteiger partial charge in [-0.15, -0.1) is 0 Å². The van der Waals surface area contributed by atoms with Crippen molar-refractivity contribution in [1.29, 1.82) is 0 Å². The highest BCUT2D eigenvalue weighted by Crippen LogP contribution is 2.19. The van der Waals surface area contributed by atoms with Crippen molar-refractivity contribution in [1.82, 2.24) is 0 Å². The summed E-state index contributed by atoms with van der Waals surface area (Å²) in [5, 5.41) is 9.41. The lowest BCUT2D eigenvalue weighted by Crippen LogP contribution is -2.13. The first-order valence-electron chi connectivity index (χ1n) is 7.76. The van der Waals surface area contributed by atoms with E-state index in [9.17, 15) is 5.11 Å². The van der Waals surface area contributed by atoms with Crippen LogP contribution in [-0.2, 0) is 0 Å². The van der Waals surface area contributed by atoms with Crippen LogP contribution in [0.2, 0.25) is 0 Å². The second-order valence-corrected chi connectivity index (χ2v) is 5.96. The highest BCUT2D eigenvalue weighted by Gasteiger charge is 2.09. The zero-order valence-electron chi connectivity index (χ0n) is 12.5. The molecule has 0 bridgehead atoms. The molecule has 0 saturated carbocycles. The van der Waals surface area contributed by atoms with E-state index in [0.717, 1.165) is 5.92 Å². The summed E-state index contributed by atoms with van der Waals surface area (Å²) in [4.78, 5) is 0. The molecule has 104 valence electrons. The Kier molecular flexibility index (Phi) is 11.0. The number of rotatable bonds is 11. The smallest absolute Gasteiger partial charge is 0.0537 e. The first-order chi connectivity index (χ1) is 8.07. The Balaban J connectivity index is 3.31. The van der Waals surface area contributed by atoms with Crippen molar-refractivity contribution in [2.24, 2.45) is 11.8 Å². The summed E-state index contributed by atoms with van der Waals surface area (Å²) in [7, 11) is 0. The van der Waals surface area contributed by atoms with Crippen LogP contribution in [0.3, 0.4) is 0 Å². The molecule has 0 rings (SSSR count). The van der Waals surface area contributed by atoms with Crippen LogP contribution in [0.1, 0.15) is 85.5 Å². The van der Waals surface area contributed by atoms with Crippen LogP contribution in [0, 0.1) is 11.8 Å². The highest BCUT2D eigenvalue weighted by molar-refractivity contribution is 4.61. The van der Waals surface area contributed by atoms with E-state index in [1.54, 1.807) is 0 Å². The van der Waals surface area contributed by atoms with Gasteiger partial charge in [-0.3, -0.25) is 0 Å². The SMILES string of the molecule is CCCCCCC[C@H](C)CCC[C@@H](C)[C@@H](C)O. The minimum atomic E-state index is -0.139. The van der Waals surface area contributed by atoms with Gasteiger partial charge in [0.1, 0.15) is 0 Å². The van der Waals surface area contributed by atoms with E-state index in [1.165, 1.54) is 57.8 Å². The second kappa shape index (κ2) is 11.1. The zero-order valence-corrected chi connectivity index (χ0v) is 12.5. The van der Waals surface area contributed by atoms with Crippen molar-refractivity contribution in [3.63, 3.8) is 0 Å². The molecule has 0 unspecified atom stereocenters. The van der Waals surface area contributed by atoms with Crippen LogP contribution in [-0.4, -0.2) is 11.2 Å². The number of aliphatic hydroxyl groups excluding tert-OH is 1. The maximum Gasteiger partial charge on any atom is 0.0537 e. The minimum absolute atomic E-state index is 0.139. The average molecular weight is 242 g/mol. The second-order valence-electron chi connectivity index (χ2n) is 5.96.